The summed E-state index contributed by atoms with van der Waals surface area (Å²) in [7, 11) is 0. The summed E-state index contributed by atoms with van der Waals surface area (Å²) in [5.41, 5.74) is 1.48. The maximum Gasteiger partial charge on any atom is 0.0948 e. The van der Waals surface area contributed by atoms with Gasteiger partial charge in [-0.1, -0.05) is 19.3 Å². The molecule has 1 saturated heterocycles. The van der Waals surface area contributed by atoms with E-state index in [-0.39, 0.29) is 0 Å². The SMILES string of the molecule is c1ncn(CCN2CCNCC2)c1C1CCCCC1. The third kappa shape index (κ3) is 3.37. The van der Waals surface area contributed by atoms with Crippen molar-refractivity contribution in [3.63, 3.8) is 0 Å². The Morgan fingerprint density at radius 1 is 1.11 bits per heavy atom. The number of rotatable bonds is 4. The quantitative estimate of drug-likeness (QED) is 0.899. The largest absolute Gasteiger partial charge is 0.333 e. The number of hydrogen-bond acceptors (Lipinski definition) is 3. The number of piperazine rings is 1. The molecule has 1 N–H and O–H groups in total. The molecule has 1 aromatic heterocycles. The summed E-state index contributed by atoms with van der Waals surface area (Å²) in [6.45, 7) is 6.92. The minimum Gasteiger partial charge on any atom is -0.333 e. The molecule has 0 bridgehead atoms. The van der Waals surface area contributed by atoms with Gasteiger partial charge >= 0.3 is 0 Å². The zero-order chi connectivity index (χ0) is 12.9. The van der Waals surface area contributed by atoms with Gasteiger partial charge in [-0.05, 0) is 12.8 Å². The number of aromatic nitrogens is 2. The molecule has 0 aromatic carbocycles. The van der Waals surface area contributed by atoms with Crippen molar-refractivity contribution in [3.8, 4) is 0 Å². The van der Waals surface area contributed by atoms with Crippen LogP contribution in [0.2, 0.25) is 0 Å². The molecule has 1 aliphatic carbocycles. The van der Waals surface area contributed by atoms with Crippen LogP contribution >= 0.6 is 0 Å². The minimum atomic E-state index is 0.763. The average molecular weight is 262 g/mol. The van der Waals surface area contributed by atoms with Gasteiger partial charge in [-0.15, -0.1) is 0 Å². The first kappa shape index (κ1) is 13.1. The van der Waals surface area contributed by atoms with Crippen LogP contribution in [0.1, 0.15) is 43.7 Å². The van der Waals surface area contributed by atoms with E-state index < -0.39 is 0 Å². The van der Waals surface area contributed by atoms with Crippen molar-refractivity contribution in [2.75, 3.05) is 32.7 Å². The normalized spacial score (nSPS) is 22.7. The lowest BCUT2D eigenvalue weighted by Gasteiger charge is -2.28. The van der Waals surface area contributed by atoms with Crippen molar-refractivity contribution in [1.82, 2.24) is 19.8 Å². The Balaban J connectivity index is 1.56. The van der Waals surface area contributed by atoms with Crippen LogP contribution in [0.25, 0.3) is 0 Å². The standard InChI is InChI=1S/C15H26N4/c1-2-4-14(5-3-1)15-12-17-13-19(15)11-10-18-8-6-16-7-9-18/h12-14,16H,1-11H2. The predicted octanol–water partition coefficient (Wildman–Crippen LogP) is 1.84. The lowest BCUT2D eigenvalue weighted by atomic mass is 9.87. The molecular weight excluding hydrogens is 236 g/mol. The minimum absolute atomic E-state index is 0.763. The molecule has 3 rings (SSSR count). The van der Waals surface area contributed by atoms with Crippen LogP contribution in [0, 0.1) is 0 Å². The Morgan fingerprint density at radius 2 is 1.89 bits per heavy atom. The lowest BCUT2D eigenvalue weighted by molar-refractivity contribution is 0.231. The van der Waals surface area contributed by atoms with E-state index in [1.807, 2.05) is 6.33 Å². The molecule has 0 radical (unpaired) electrons. The highest BCUT2D eigenvalue weighted by Gasteiger charge is 2.19. The molecule has 19 heavy (non-hydrogen) atoms. The summed E-state index contributed by atoms with van der Waals surface area (Å²) in [5, 5.41) is 3.41. The van der Waals surface area contributed by atoms with Crippen LogP contribution < -0.4 is 5.32 Å². The van der Waals surface area contributed by atoms with Gasteiger partial charge in [0, 0.05) is 57.1 Å². The van der Waals surface area contributed by atoms with Crippen LogP contribution in [0.5, 0.6) is 0 Å². The van der Waals surface area contributed by atoms with Crippen molar-refractivity contribution in [3.05, 3.63) is 18.2 Å². The van der Waals surface area contributed by atoms with Crippen molar-refractivity contribution in [2.24, 2.45) is 0 Å². The second kappa shape index (κ2) is 6.53. The van der Waals surface area contributed by atoms with E-state index in [2.05, 4.69) is 26.0 Å². The monoisotopic (exact) mass is 262 g/mol. The Morgan fingerprint density at radius 3 is 2.68 bits per heavy atom. The van der Waals surface area contributed by atoms with Crippen molar-refractivity contribution < 1.29 is 0 Å². The van der Waals surface area contributed by atoms with E-state index in [0.29, 0.717) is 0 Å². The summed E-state index contributed by atoms with van der Waals surface area (Å²) in [5.74, 6) is 0.763. The molecule has 1 aliphatic heterocycles. The first-order valence-electron chi connectivity index (χ1n) is 7.86. The highest BCUT2D eigenvalue weighted by molar-refractivity contribution is 5.07. The van der Waals surface area contributed by atoms with E-state index in [1.165, 1.54) is 50.9 Å². The van der Waals surface area contributed by atoms with Crippen molar-refractivity contribution >= 4 is 0 Å². The fourth-order valence-corrected chi connectivity index (χ4v) is 3.44. The van der Waals surface area contributed by atoms with Crippen molar-refractivity contribution in [1.29, 1.82) is 0 Å². The first-order valence-corrected chi connectivity index (χ1v) is 7.86. The van der Waals surface area contributed by atoms with E-state index in [0.717, 1.165) is 32.1 Å². The number of nitrogens with one attached hydrogen (secondary N) is 1. The van der Waals surface area contributed by atoms with Crippen LogP contribution in [0.4, 0.5) is 0 Å². The topological polar surface area (TPSA) is 33.1 Å². The fraction of sp³-hybridized carbons (Fsp3) is 0.800. The van der Waals surface area contributed by atoms with Gasteiger partial charge in [0.2, 0.25) is 0 Å². The van der Waals surface area contributed by atoms with Gasteiger partial charge in [0.05, 0.1) is 6.33 Å². The van der Waals surface area contributed by atoms with Crippen LogP contribution in [0.3, 0.4) is 0 Å². The highest BCUT2D eigenvalue weighted by atomic mass is 15.2. The zero-order valence-electron chi connectivity index (χ0n) is 11.9. The highest BCUT2D eigenvalue weighted by Crippen LogP contribution is 2.32. The first-order chi connectivity index (χ1) is 9.43. The van der Waals surface area contributed by atoms with Gasteiger partial charge in [-0.2, -0.15) is 0 Å². The third-order valence-electron chi connectivity index (χ3n) is 4.63. The predicted molar refractivity (Wildman–Crippen MR) is 77.4 cm³/mol. The molecule has 0 atom stereocenters. The van der Waals surface area contributed by atoms with Gasteiger partial charge in [0.15, 0.2) is 0 Å². The second-order valence-electron chi connectivity index (χ2n) is 5.94. The average Bonchev–Trinajstić information content (AvgIpc) is 2.95. The Labute approximate surface area is 116 Å². The Bertz CT molecular complexity index is 375. The zero-order valence-corrected chi connectivity index (χ0v) is 11.9. The number of nitrogens with zero attached hydrogens (tertiary/aromatic N) is 3. The van der Waals surface area contributed by atoms with E-state index in [4.69, 9.17) is 0 Å². The summed E-state index contributed by atoms with van der Waals surface area (Å²) < 4.78 is 2.40. The molecule has 0 amide bonds. The molecular formula is C15H26N4. The molecule has 106 valence electrons. The summed E-state index contributed by atoms with van der Waals surface area (Å²) >= 11 is 0. The number of imidazole rings is 1. The molecule has 0 unspecified atom stereocenters. The molecule has 4 heteroatoms. The van der Waals surface area contributed by atoms with Gasteiger partial charge in [0.1, 0.15) is 0 Å². The molecule has 2 heterocycles. The summed E-state index contributed by atoms with van der Waals surface area (Å²) in [6.07, 6.45) is 11.1. The van der Waals surface area contributed by atoms with Gasteiger partial charge in [-0.25, -0.2) is 4.98 Å². The van der Waals surface area contributed by atoms with Gasteiger partial charge in [-0.3, -0.25) is 4.90 Å². The van der Waals surface area contributed by atoms with Gasteiger partial charge in [0.25, 0.3) is 0 Å². The molecule has 2 fully saturated rings. The fourth-order valence-electron chi connectivity index (χ4n) is 3.44. The second-order valence-corrected chi connectivity index (χ2v) is 5.94. The molecule has 4 nitrogen and oxygen atoms in total. The molecule has 1 aromatic rings. The Kier molecular flexibility index (Phi) is 4.51. The molecule has 1 saturated carbocycles. The lowest BCUT2D eigenvalue weighted by Crippen LogP contribution is -2.44. The molecule has 2 aliphatic rings. The summed E-state index contributed by atoms with van der Waals surface area (Å²) in [6, 6.07) is 0. The summed E-state index contributed by atoms with van der Waals surface area (Å²) in [4.78, 5) is 6.95. The maximum atomic E-state index is 4.39. The Hall–Kier alpha value is -0.870. The third-order valence-corrected chi connectivity index (χ3v) is 4.63. The van der Waals surface area contributed by atoms with E-state index in [1.54, 1.807) is 0 Å². The van der Waals surface area contributed by atoms with E-state index in [9.17, 15) is 0 Å². The van der Waals surface area contributed by atoms with Crippen LogP contribution in [-0.2, 0) is 6.54 Å². The number of hydrogen-bond donors (Lipinski definition) is 1. The van der Waals surface area contributed by atoms with Gasteiger partial charge < -0.3 is 9.88 Å². The molecule has 0 spiro atoms. The maximum absolute atomic E-state index is 4.39. The smallest absolute Gasteiger partial charge is 0.0948 e. The van der Waals surface area contributed by atoms with Crippen LogP contribution in [-0.4, -0.2) is 47.2 Å². The van der Waals surface area contributed by atoms with Crippen LogP contribution in [0.15, 0.2) is 12.5 Å². The van der Waals surface area contributed by atoms with Crippen molar-refractivity contribution in [2.45, 2.75) is 44.6 Å². The van der Waals surface area contributed by atoms with E-state index >= 15 is 0 Å².